The lowest BCUT2D eigenvalue weighted by molar-refractivity contribution is -0.117. The maximum Gasteiger partial charge on any atom is 0.405 e. The minimum Gasteiger partial charge on any atom is -0.449 e. The molecule has 0 unspecified atom stereocenters. The quantitative estimate of drug-likeness (QED) is 0.738. The Hall–Kier alpha value is -1.85. The molecule has 1 heterocycles. The summed E-state index contributed by atoms with van der Waals surface area (Å²) in [5.74, 6) is 0.835. The topological polar surface area (TPSA) is 95.4 Å². The number of primary amides is 1. The highest BCUT2D eigenvalue weighted by Gasteiger charge is 2.24. The predicted octanol–water partition coefficient (Wildman–Crippen LogP) is 2.39. The minimum atomic E-state index is -0.803. The van der Waals surface area contributed by atoms with Gasteiger partial charge in [0, 0.05) is 19.3 Å². The highest BCUT2D eigenvalue weighted by atomic mass is 16.6. The van der Waals surface area contributed by atoms with Crippen LogP contribution in [0.2, 0.25) is 0 Å². The lowest BCUT2D eigenvalue weighted by Crippen LogP contribution is -2.33. The Bertz CT molecular complexity index is 465. The van der Waals surface area contributed by atoms with E-state index in [0.717, 1.165) is 18.5 Å². The molecule has 0 spiro atoms. The Morgan fingerprint density at radius 1 is 1.40 bits per heavy atom. The fraction of sp³-hybridized carbons (Fsp3) is 0.643. The first kappa shape index (κ1) is 16.2. The van der Waals surface area contributed by atoms with Gasteiger partial charge in [-0.25, -0.2) is 9.78 Å². The minimum absolute atomic E-state index is 0.198. The molecule has 0 saturated heterocycles. The molecular formula is C14H22N2O4. The van der Waals surface area contributed by atoms with Gasteiger partial charge >= 0.3 is 6.09 Å². The zero-order valence-electron chi connectivity index (χ0n) is 12.3. The number of nitrogens with zero attached hydrogens (tertiary/aromatic N) is 1. The summed E-state index contributed by atoms with van der Waals surface area (Å²) in [6.45, 7) is 5.11. The number of carbonyl (C=O) groups is 2. The van der Waals surface area contributed by atoms with Crippen molar-refractivity contribution in [3.8, 4) is 0 Å². The number of carbonyl (C=O) groups excluding carboxylic acids is 2. The van der Waals surface area contributed by atoms with Gasteiger partial charge in [-0.3, -0.25) is 0 Å². The summed E-state index contributed by atoms with van der Waals surface area (Å²) in [5, 5.41) is 0. The highest BCUT2D eigenvalue weighted by Crippen LogP contribution is 2.17. The van der Waals surface area contributed by atoms with E-state index in [4.69, 9.17) is 14.9 Å². The van der Waals surface area contributed by atoms with Crippen molar-refractivity contribution < 1.29 is 18.7 Å². The number of aryl methyl sites for hydroxylation is 1. The third-order valence-electron chi connectivity index (χ3n) is 2.75. The molecule has 2 N–H and O–H groups in total. The number of nitrogens with two attached hydrogens (primary N) is 1. The predicted molar refractivity (Wildman–Crippen MR) is 73.2 cm³/mol. The summed E-state index contributed by atoms with van der Waals surface area (Å²) in [4.78, 5) is 25.9. The van der Waals surface area contributed by atoms with Crippen LogP contribution in [0.4, 0.5) is 4.79 Å². The third-order valence-corrected chi connectivity index (χ3v) is 2.75. The summed E-state index contributed by atoms with van der Waals surface area (Å²) in [5.41, 5.74) is 5.02. The molecule has 0 saturated carbocycles. The number of hydrogen-bond donors (Lipinski definition) is 1. The molecule has 0 atom stereocenters. The van der Waals surface area contributed by atoms with Crippen LogP contribution >= 0.6 is 0 Å². The second-order valence-corrected chi connectivity index (χ2v) is 5.50. The van der Waals surface area contributed by atoms with Gasteiger partial charge in [0.2, 0.25) is 0 Å². The summed E-state index contributed by atoms with van der Waals surface area (Å²) in [6.07, 6.45) is 4.18. The Morgan fingerprint density at radius 2 is 2.10 bits per heavy atom. The molecule has 20 heavy (non-hydrogen) atoms. The van der Waals surface area contributed by atoms with Gasteiger partial charge in [-0.15, -0.1) is 0 Å². The van der Waals surface area contributed by atoms with Gasteiger partial charge in [0.05, 0.1) is 5.69 Å². The molecule has 6 heteroatoms. The molecule has 0 fully saturated rings. The molecule has 1 rings (SSSR count). The number of unbranched alkanes of at least 4 members (excludes halogenated alkanes) is 1. The van der Waals surface area contributed by atoms with Crippen molar-refractivity contribution in [1.82, 2.24) is 4.98 Å². The number of ketones is 1. The van der Waals surface area contributed by atoms with Crippen LogP contribution in [0.15, 0.2) is 10.7 Å². The summed E-state index contributed by atoms with van der Waals surface area (Å²) in [7, 11) is 0. The van der Waals surface area contributed by atoms with Crippen LogP contribution in [0, 0.1) is 0 Å². The second kappa shape index (κ2) is 7.07. The summed E-state index contributed by atoms with van der Waals surface area (Å²) < 4.78 is 10.4. The lowest BCUT2D eigenvalue weighted by atomic mass is 10.0. The Balaban J connectivity index is 2.43. The average Bonchev–Trinajstić information content (AvgIpc) is 2.69. The summed E-state index contributed by atoms with van der Waals surface area (Å²) >= 11 is 0. The van der Waals surface area contributed by atoms with E-state index in [-0.39, 0.29) is 5.78 Å². The number of ether oxygens (including phenoxy) is 1. The highest BCUT2D eigenvalue weighted by molar-refractivity contribution is 5.75. The van der Waals surface area contributed by atoms with Crippen LogP contribution in [0.5, 0.6) is 0 Å². The largest absolute Gasteiger partial charge is 0.449 e. The van der Waals surface area contributed by atoms with Gasteiger partial charge in [-0.2, -0.15) is 0 Å². The van der Waals surface area contributed by atoms with Crippen molar-refractivity contribution in [1.29, 1.82) is 0 Å². The van der Waals surface area contributed by atoms with Gasteiger partial charge in [0.1, 0.15) is 17.6 Å². The van der Waals surface area contributed by atoms with Gasteiger partial charge in [-0.1, -0.05) is 0 Å². The van der Waals surface area contributed by atoms with E-state index in [9.17, 15) is 9.59 Å². The SMILES string of the molecule is CC(=O)CCCCc1nc(CC(C)(C)OC(N)=O)co1. The van der Waals surface area contributed by atoms with E-state index in [2.05, 4.69) is 4.98 Å². The second-order valence-electron chi connectivity index (χ2n) is 5.50. The van der Waals surface area contributed by atoms with E-state index in [0.29, 0.717) is 25.2 Å². The maximum atomic E-state index is 10.8. The number of rotatable bonds is 8. The first-order valence-corrected chi connectivity index (χ1v) is 6.70. The standard InChI is InChI=1S/C14H22N2O4/c1-10(17)6-4-5-7-12-16-11(9-19-12)8-14(2,3)20-13(15)18/h9H,4-8H2,1-3H3,(H2,15,18). The van der Waals surface area contributed by atoms with Crippen LogP contribution in [0.1, 0.15) is 51.6 Å². The fourth-order valence-electron chi connectivity index (χ4n) is 1.94. The molecule has 0 aliphatic carbocycles. The van der Waals surface area contributed by atoms with Crippen molar-refractivity contribution in [2.75, 3.05) is 0 Å². The molecule has 1 amide bonds. The molecule has 0 aromatic carbocycles. The number of hydrogen-bond acceptors (Lipinski definition) is 5. The zero-order valence-corrected chi connectivity index (χ0v) is 12.3. The van der Waals surface area contributed by atoms with Crippen LogP contribution in [-0.4, -0.2) is 22.5 Å². The van der Waals surface area contributed by atoms with Crippen LogP contribution in [-0.2, 0) is 22.4 Å². The number of aromatic nitrogens is 1. The van der Waals surface area contributed by atoms with Gasteiger partial charge < -0.3 is 19.7 Å². The number of Topliss-reactive ketones (excluding diaryl/α,β-unsaturated/α-hetero) is 1. The molecule has 0 bridgehead atoms. The summed E-state index contributed by atoms with van der Waals surface area (Å²) in [6, 6.07) is 0. The smallest absolute Gasteiger partial charge is 0.405 e. The van der Waals surface area contributed by atoms with Gasteiger partial charge in [0.25, 0.3) is 0 Å². The molecule has 112 valence electrons. The maximum absolute atomic E-state index is 10.8. The van der Waals surface area contributed by atoms with Crippen LogP contribution < -0.4 is 5.73 Å². The van der Waals surface area contributed by atoms with Crippen molar-refractivity contribution in [3.63, 3.8) is 0 Å². The van der Waals surface area contributed by atoms with E-state index in [1.54, 1.807) is 27.0 Å². The van der Waals surface area contributed by atoms with Gasteiger partial charge in [-0.05, 0) is 33.6 Å². The molecule has 6 nitrogen and oxygen atoms in total. The fourth-order valence-corrected chi connectivity index (χ4v) is 1.94. The van der Waals surface area contributed by atoms with E-state index in [1.807, 2.05) is 0 Å². The van der Waals surface area contributed by atoms with Crippen LogP contribution in [0.25, 0.3) is 0 Å². The molecule has 0 aliphatic heterocycles. The van der Waals surface area contributed by atoms with Gasteiger partial charge in [0.15, 0.2) is 5.89 Å². The number of oxazole rings is 1. The number of amides is 1. The first-order valence-electron chi connectivity index (χ1n) is 6.70. The van der Waals surface area contributed by atoms with Crippen molar-refractivity contribution in [3.05, 3.63) is 17.8 Å². The van der Waals surface area contributed by atoms with Crippen LogP contribution in [0.3, 0.4) is 0 Å². The van der Waals surface area contributed by atoms with E-state index >= 15 is 0 Å². The molecular weight excluding hydrogens is 260 g/mol. The monoisotopic (exact) mass is 282 g/mol. The van der Waals surface area contributed by atoms with Crippen molar-refractivity contribution in [2.24, 2.45) is 5.73 Å². The zero-order chi connectivity index (χ0) is 15.2. The Morgan fingerprint density at radius 3 is 2.70 bits per heavy atom. The first-order chi connectivity index (χ1) is 9.28. The molecule has 0 radical (unpaired) electrons. The normalized spacial score (nSPS) is 11.3. The molecule has 1 aromatic heterocycles. The Labute approximate surface area is 118 Å². The lowest BCUT2D eigenvalue weighted by Gasteiger charge is -2.22. The average molecular weight is 282 g/mol. The van der Waals surface area contributed by atoms with Crippen molar-refractivity contribution >= 4 is 11.9 Å². The molecule has 0 aliphatic rings. The third kappa shape index (κ3) is 6.36. The van der Waals surface area contributed by atoms with Crippen molar-refractivity contribution in [2.45, 2.75) is 58.5 Å². The van der Waals surface area contributed by atoms with E-state index < -0.39 is 11.7 Å². The Kier molecular flexibility index (Phi) is 5.73. The molecule has 1 aromatic rings. The van der Waals surface area contributed by atoms with E-state index in [1.165, 1.54) is 0 Å².